The summed E-state index contributed by atoms with van der Waals surface area (Å²) in [4.78, 5) is 0. The van der Waals surface area contributed by atoms with Crippen LogP contribution in [0, 0.1) is 6.92 Å². The SMILES string of the molecule is Cc1ccc(B(O)O)cc1[B]C(C)(C)C. The zero-order valence-electron chi connectivity index (χ0n) is 9.78. The minimum Gasteiger partial charge on any atom is -0.423 e. The van der Waals surface area contributed by atoms with E-state index in [0.717, 1.165) is 11.0 Å². The molecule has 79 valence electrons. The van der Waals surface area contributed by atoms with Crippen molar-refractivity contribution < 1.29 is 10.0 Å². The lowest BCUT2D eigenvalue weighted by atomic mass is 9.50. The number of hydrogen-bond acceptors (Lipinski definition) is 2. The molecule has 1 aromatic carbocycles. The van der Waals surface area contributed by atoms with Gasteiger partial charge in [0.1, 0.15) is 0 Å². The van der Waals surface area contributed by atoms with Crippen LogP contribution in [0.4, 0.5) is 0 Å². The van der Waals surface area contributed by atoms with E-state index in [1.165, 1.54) is 0 Å². The van der Waals surface area contributed by atoms with Gasteiger partial charge in [-0.2, -0.15) is 0 Å². The molecule has 0 saturated carbocycles. The second-order valence-electron chi connectivity index (χ2n) is 5.00. The van der Waals surface area contributed by atoms with Gasteiger partial charge in [-0.25, -0.2) is 0 Å². The molecule has 0 fully saturated rings. The van der Waals surface area contributed by atoms with Gasteiger partial charge in [0.25, 0.3) is 0 Å². The van der Waals surface area contributed by atoms with Crippen LogP contribution >= 0.6 is 0 Å². The summed E-state index contributed by atoms with van der Waals surface area (Å²) in [6.45, 7) is 8.38. The first-order chi connectivity index (χ1) is 6.79. The van der Waals surface area contributed by atoms with Gasteiger partial charge in [0, 0.05) is 0 Å². The molecule has 0 unspecified atom stereocenters. The average Bonchev–Trinajstić information content (AvgIpc) is 2.06. The van der Waals surface area contributed by atoms with Crippen LogP contribution in [0.3, 0.4) is 0 Å². The van der Waals surface area contributed by atoms with E-state index in [1.54, 1.807) is 6.07 Å². The molecule has 0 bridgehead atoms. The van der Waals surface area contributed by atoms with E-state index in [2.05, 4.69) is 28.1 Å². The smallest absolute Gasteiger partial charge is 0.423 e. The molecular formula is C11H17B2O2. The maximum Gasteiger partial charge on any atom is 0.488 e. The molecule has 2 N–H and O–H groups in total. The highest BCUT2D eigenvalue weighted by Crippen LogP contribution is 2.19. The molecule has 0 saturated heterocycles. The van der Waals surface area contributed by atoms with Crippen molar-refractivity contribution in [2.24, 2.45) is 0 Å². The normalized spacial score (nSPS) is 11.3. The molecule has 0 atom stereocenters. The first-order valence-corrected chi connectivity index (χ1v) is 5.12. The Hall–Kier alpha value is -0.730. The average molecular weight is 203 g/mol. The van der Waals surface area contributed by atoms with Gasteiger partial charge in [-0.15, -0.1) is 0 Å². The molecule has 15 heavy (non-hydrogen) atoms. The molecular weight excluding hydrogens is 186 g/mol. The first kappa shape index (κ1) is 12.3. The molecule has 2 nitrogen and oxygen atoms in total. The summed E-state index contributed by atoms with van der Waals surface area (Å²) in [5, 5.41) is 18.2. The van der Waals surface area contributed by atoms with Crippen molar-refractivity contribution in [2.75, 3.05) is 0 Å². The zero-order valence-corrected chi connectivity index (χ0v) is 9.78. The van der Waals surface area contributed by atoms with Crippen molar-refractivity contribution in [3.63, 3.8) is 0 Å². The molecule has 0 aliphatic carbocycles. The highest BCUT2D eigenvalue weighted by atomic mass is 16.4. The standard InChI is InChI=1S/C11H17B2O2/c1-8-5-6-9(13(14)15)7-10(8)12-11(2,3)4/h5-7,14-15H,1-4H3. The zero-order chi connectivity index (χ0) is 11.6. The van der Waals surface area contributed by atoms with Gasteiger partial charge < -0.3 is 10.0 Å². The van der Waals surface area contributed by atoms with Gasteiger partial charge >= 0.3 is 7.12 Å². The Balaban J connectivity index is 3.01. The molecule has 0 aliphatic heterocycles. The minimum atomic E-state index is -1.39. The lowest BCUT2D eigenvalue weighted by Crippen LogP contribution is -2.36. The second kappa shape index (κ2) is 4.42. The summed E-state index contributed by atoms with van der Waals surface area (Å²) < 4.78 is 0. The lowest BCUT2D eigenvalue weighted by Gasteiger charge is -2.18. The number of rotatable bonds is 2. The van der Waals surface area contributed by atoms with Crippen LogP contribution in [0.25, 0.3) is 0 Å². The van der Waals surface area contributed by atoms with E-state index in [0.29, 0.717) is 5.46 Å². The second-order valence-corrected chi connectivity index (χ2v) is 5.00. The fraction of sp³-hybridized carbons (Fsp3) is 0.455. The van der Waals surface area contributed by atoms with Gasteiger partial charge in [0.05, 0.1) is 0 Å². The van der Waals surface area contributed by atoms with Gasteiger partial charge in [0.15, 0.2) is 7.28 Å². The molecule has 0 aliphatic rings. The van der Waals surface area contributed by atoms with Crippen LogP contribution < -0.4 is 10.9 Å². The molecule has 0 amide bonds. The predicted octanol–water partition coefficient (Wildman–Crippen LogP) is 0.223. The predicted molar refractivity (Wildman–Crippen MR) is 66.1 cm³/mol. The Morgan fingerprint density at radius 2 is 1.80 bits per heavy atom. The van der Waals surface area contributed by atoms with Crippen LogP contribution in [0.15, 0.2) is 18.2 Å². The highest BCUT2D eigenvalue weighted by Gasteiger charge is 2.17. The summed E-state index contributed by atoms with van der Waals surface area (Å²) in [5.74, 6) is 0. The molecule has 0 spiro atoms. The molecule has 1 aromatic rings. The summed E-state index contributed by atoms with van der Waals surface area (Å²) in [7, 11) is 0.742. The monoisotopic (exact) mass is 203 g/mol. The fourth-order valence-electron chi connectivity index (χ4n) is 1.44. The van der Waals surface area contributed by atoms with E-state index in [1.807, 2.05) is 19.1 Å². The Labute approximate surface area is 92.7 Å². The van der Waals surface area contributed by atoms with Crippen molar-refractivity contribution in [1.82, 2.24) is 0 Å². The maximum absolute atomic E-state index is 9.08. The van der Waals surface area contributed by atoms with Gasteiger partial charge in [0.2, 0.25) is 0 Å². The van der Waals surface area contributed by atoms with Crippen molar-refractivity contribution >= 4 is 25.3 Å². The van der Waals surface area contributed by atoms with Gasteiger partial charge in [-0.05, 0) is 12.4 Å². The van der Waals surface area contributed by atoms with Crippen LogP contribution in [0.5, 0.6) is 0 Å². The van der Waals surface area contributed by atoms with Crippen LogP contribution in [-0.2, 0) is 0 Å². The van der Waals surface area contributed by atoms with E-state index in [9.17, 15) is 0 Å². The first-order valence-electron chi connectivity index (χ1n) is 5.12. The van der Waals surface area contributed by atoms with Gasteiger partial charge in [-0.1, -0.05) is 55.3 Å². The van der Waals surface area contributed by atoms with Crippen molar-refractivity contribution in [1.29, 1.82) is 0 Å². The van der Waals surface area contributed by atoms with E-state index < -0.39 is 7.12 Å². The number of hydrogen-bond donors (Lipinski definition) is 2. The molecule has 0 aromatic heterocycles. The summed E-state index contributed by atoms with van der Waals surface area (Å²) in [6.07, 6.45) is 0. The van der Waals surface area contributed by atoms with Crippen molar-refractivity contribution in [3.8, 4) is 0 Å². The summed E-state index contributed by atoms with van der Waals surface area (Å²) in [6, 6.07) is 5.47. The number of aryl methyl sites for hydroxylation is 1. The largest absolute Gasteiger partial charge is 0.488 e. The Kier molecular flexibility index (Phi) is 3.63. The van der Waals surface area contributed by atoms with Crippen LogP contribution in [0.1, 0.15) is 26.3 Å². The van der Waals surface area contributed by atoms with E-state index in [-0.39, 0.29) is 5.31 Å². The topological polar surface area (TPSA) is 40.5 Å². The lowest BCUT2D eigenvalue weighted by molar-refractivity contribution is 0.426. The Bertz CT molecular complexity index is 343. The van der Waals surface area contributed by atoms with E-state index >= 15 is 0 Å². The number of benzene rings is 1. The van der Waals surface area contributed by atoms with E-state index in [4.69, 9.17) is 10.0 Å². The minimum absolute atomic E-state index is 0.0871. The summed E-state index contributed by atoms with van der Waals surface area (Å²) >= 11 is 0. The third-order valence-corrected chi connectivity index (χ3v) is 2.19. The molecule has 0 heterocycles. The Morgan fingerprint density at radius 3 is 2.27 bits per heavy atom. The third-order valence-electron chi connectivity index (χ3n) is 2.19. The maximum atomic E-state index is 9.08. The highest BCUT2D eigenvalue weighted by molar-refractivity contribution is 6.61. The molecule has 1 radical (unpaired) electrons. The van der Waals surface area contributed by atoms with Gasteiger partial charge in [-0.3, -0.25) is 0 Å². The summed E-state index contributed by atoms with van der Waals surface area (Å²) in [5.41, 5.74) is 2.75. The quantitative estimate of drug-likeness (QED) is 0.675. The van der Waals surface area contributed by atoms with Crippen molar-refractivity contribution in [2.45, 2.75) is 33.0 Å². The Morgan fingerprint density at radius 1 is 1.20 bits per heavy atom. The third kappa shape index (κ3) is 3.73. The van der Waals surface area contributed by atoms with Crippen LogP contribution in [-0.4, -0.2) is 24.4 Å². The van der Waals surface area contributed by atoms with Crippen LogP contribution in [0.2, 0.25) is 5.31 Å². The van der Waals surface area contributed by atoms with Crippen molar-refractivity contribution in [3.05, 3.63) is 23.8 Å². The molecule has 1 rings (SSSR count). The fourth-order valence-corrected chi connectivity index (χ4v) is 1.44. The molecule has 4 heteroatoms.